The highest BCUT2D eigenvalue weighted by atomic mass is 32.2. The van der Waals surface area contributed by atoms with Crippen molar-refractivity contribution in [2.24, 2.45) is 5.10 Å². The van der Waals surface area contributed by atoms with E-state index in [-0.39, 0.29) is 4.90 Å². The van der Waals surface area contributed by atoms with E-state index in [0.29, 0.717) is 17.9 Å². The number of aromatic nitrogens is 2. The van der Waals surface area contributed by atoms with Gasteiger partial charge in [0.15, 0.2) is 0 Å². The van der Waals surface area contributed by atoms with Crippen LogP contribution in [-0.2, 0) is 21.4 Å². The second-order valence-corrected chi connectivity index (χ2v) is 10.7. The Kier molecular flexibility index (Phi) is 8.63. The summed E-state index contributed by atoms with van der Waals surface area (Å²) in [6.07, 6.45) is 3.28. The quantitative estimate of drug-likeness (QED) is 0.180. The molecule has 206 valence electrons. The monoisotopic (exact) mass is 565 g/mol. The lowest BCUT2D eigenvalue weighted by Crippen LogP contribution is -2.34. The van der Waals surface area contributed by atoms with E-state index in [1.807, 2.05) is 84.9 Å². The molecular formula is C31H27N5O4S. The first kappa shape index (κ1) is 27.5. The average Bonchev–Trinajstić information content (AvgIpc) is 3.45. The van der Waals surface area contributed by atoms with E-state index in [1.165, 1.54) is 18.3 Å². The molecule has 5 rings (SSSR count). The first-order chi connectivity index (χ1) is 20.0. The fourth-order valence-corrected chi connectivity index (χ4v) is 4.93. The van der Waals surface area contributed by atoms with Crippen LogP contribution in [0.2, 0.25) is 0 Å². The maximum absolute atomic E-state index is 12.4. The third kappa shape index (κ3) is 7.33. The van der Waals surface area contributed by atoms with E-state index >= 15 is 0 Å². The molecule has 0 aliphatic rings. The number of sulfonamides is 1. The van der Waals surface area contributed by atoms with Gasteiger partial charge in [0.2, 0.25) is 10.0 Å². The third-order valence-corrected chi connectivity index (χ3v) is 7.43. The van der Waals surface area contributed by atoms with E-state index in [9.17, 15) is 13.2 Å². The summed E-state index contributed by atoms with van der Waals surface area (Å²) in [5, 5.41) is 8.81. The van der Waals surface area contributed by atoms with Gasteiger partial charge in [-0.05, 0) is 54.1 Å². The predicted octanol–water partition coefficient (Wildman–Crippen LogP) is 4.55. The number of para-hydroxylation sites is 1. The summed E-state index contributed by atoms with van der Waals surface area (Å²) in [4.78, 5) is 12.4. The topological polar surface area (TPSA) is 115 Å². The molecule has 0 aliphatic carbocycles. The summed E-state index contributed by atoms with van der Waals surface area (Å²) in [5.41, 5.74) is 6.43. The molecule has 0 radical (unpaired) electrons. The zero-order valence-electron chi connectivity index (χ0n) is 21.9. The molecule has 5 aromatic rings. The molecule has 10 heteroatoms. The van der Waals surface area contributed by atoms with Crippen molar-refractivity contribution in [2.75, 3.05) is 6.54 Å². The second-order valence-electron chi connectivity index (χ2n) is 8.94. The molecule has 0 bridgehead atoms. The molecule has 0 saturated heterocycles. The van der Waals surface area contributed by atoms with Gasteiger partial charge in [0, 0.05) is 17.3 Å². The lowest BCUT2D eigenvalue weighted by atomic mass is 10.1. The van der Waals surface area contributed by atoms with Gasteiger partial charge in [-0.25, -0.2) is 23.2 Å². The van der Waals surface area contributed by atoms with Crippen molar-refractivity contribution < 1.29 is 17.9 Å². The minimum absolute atomic E-state index is 0.0748. The van der Waals surface area contributed by atoms with Crippen molar-refractivity contribution in [2.45, 2.75) is 11.5 Å². The number of rotatable bonds is 11. The third-order valence-electron chi connectivity index (χ3n) is 6.01. The Morgan fingerprint density at radius 2 is 1.49 bits per heavy atom. The van der Waals surface area contributed by atoms with E-state index in [0.717, 1.165) is 22.6 Å². The molecule has 0 fully saturated rings. The highest BCUT2D eigenvalue weighted by molar-refractivity contribution is 7.89. The zero-order chi connectivity index (χ0) is 28.5. The molecule has 0 aliphatic heterocycles. The molecule has 9 nitrogen and oxygen atoms in total. The van der Waals surface area contributed by atoms with Gasteiger partial charge in [0.1, 0.15) is 18.1 Å². The normalized spacial score (nSPS) is 11.4. The van der Waals surface area contributed by atoms with Gasteiger partial charge in [-0.2, -0.15) is 10.2 Å². The SMILES string of the molecule is O=C(CNS(=O)(=O)c1ccccc1)N/N=C/c1cn(-c2ccccc2)nc1-c1ccc(OCc2ccccc2)cc1. The summed E-state index contributed by atoms with van der Waals surface area (Å²) < 4.78 is 34.6. The number of carbonyl (C=O) groups excluding carboxylic acids is 1. The molecule has 0 atom stereocenters. The summed E-state index contributed by atoms with van der Waals surface area (Å²) in [6, 6.07) is 34.9. The van der Waals surface area contributed by atoms with Crippen molar-refractivity contribution in [1.29, 1.82) is 0 Å². The predicted molar refractivity (Wildman–Crippen MR) is 157 cm³/mol. The van der Waals surface area contributed by atoms with Crippen LogP contribution in [0.25, 0.3) is 16.9 Å². The molecule has 41 heavy (non-hydrogen) atoms. The van der Waals surface area contributed by atoms with Crippen LogP contribution in [0.15, 0.2) is 131 Å². The molecule has 0 unspecified atom stereocenters. The van der Waals surface area contributed by atoms with Crippen LogP contribution >= 0.6 is 0 Å². The average molecular weight is 566 g/mol. The van der Waals surface area contributed by atoms with Crippen molar-refractivity contribution in [3.05, 3.63) is 133 Å². The molecule has 1 heterocycles. The van der Waals surface area contributed by atoms with Crippen LogP contribution in [0.3, 0.4) is 0 Å². The summed E-state index contributed by atoms with van der Waals surface area (Å²) >= 11 is 0. The van der Waals surface area contributed by atoms with Gasteiger partial charge >= 0.3 is 0 Å². The van der Waals surface area contributed by atoms with Gasteiger partial charge in [0.05, 0.1) is 23.3 Å². The zero-order valence-corrected chi connectivity index (χ0v) is 22.7. The number of hydrogen-bond donors (Lipinski definition) is 2. The number of hydrogen-bond acceptors (Lipinski definition) is 6. The van der Waals surface area contributed by atoms with Crippen LogP contribution in [0, 0.1) is 0 Å². The van der Waals surface area contributed by atoms with Crippen molar-refractivity contribution in [3.63, 3.8) is 0 Å². The maximum Gasteiger partial charge on any atom is 0.255 e. The Bertz CT molecular complexity index is 1720. The number of nitrogens with one attached hydrogen (secondary N) is 2. The Labute approximate surface area is 238 Å². The highest BCUT2D eigenvalue weighted by Gasteiger charge is 2.15. The fourth-order valence-electron chi connectivity index (χ4n) is 3.93. The first-order valence-electron chi connectivity index (χ1n) is 12.8. The smallest absolute Gasteiger partial charge is 0.255 e. The summed E-state index contributed by atoms with van der Waals surface area (Å²) in [5.74, 6) is 0.109. The molecule has 2 N–H and O–H groups in total. The van der Waals surface area contributed by atoms with Crippen LogP contribution < -0.4 is 14.9 Å². The fraction of sp³-hybridized carbons (Fsp3) is 0.0645. The molecule has 0 spiro atoms. The van der Waals surface area contributed by atoms with Crippen LogP contribution in [-0.4, -0.2) is 36.9 Å². The van der Waals surface area contributed by atoms with Gasteiger partial charge in [-0.1, -0.05) is 66.7 Å². The van der Waals surface area contributed by atoms with Crippen molar-refractivity contribution >= 4 is 22.1 Å². The molecular weight excluding hydrogens is 538 g/mol. The molecule has 1 aromatic heterocycles. The number of carbonyl (C=O) groups is 1. The number of nitrogens with zero attached hydrogens (tertiary/aromatic N) is 3. The van der Waals surface area contributed by atoms with Crippen LogP contribution in [0.1, 0.15) is 11.1 Å². The van der Waals surface area contributed by atoms with Gasteiger partial charge in [-0.15, -0.1) is 0 Å². The Morgan fingerprint density at radius 1 is 0.854 bits per heavy atom. The Morgan fingerprint density at radius 3 is 2.17 bits per heavy atom. The standard InChI is InChI=1S/C31H27N5O4S/c37-30(21-33-41(38,39)29-14-8-3-9-15-29)34-32-20-26-22-36(27-12-6-2-7-13-27)35-31(26)25-16-18-28(19-17-25)40-23-24-10-4-1-5-11-24/h1-20,22,33H,21,23H2,(H,34,37)/b32-20+. The highest BCUT2D eigenvalue weighted by Crippen LogP contribution is 2.25. The van der Waals surface area contributed by atoms with Gasteiger partial charge in [-0.3, -0.25) is 4.79 Å². The van der Waals surface area contributed by atoms with E-state index in [4.69, 9.17) is 9.84 Å². The lowest BCUT2D eigenvalue weighted by Gasteiger charge is -2.07. The van der Waals surface area contributed by atoms with Crippen LogP contribution in [0.4, 0.5) is 0 Å². The number of amides is 1. The number of hydrazone groups is 1. The first-order valence-corrected chi connectivity index (χ1v) is 14.3. The molecule has 0 saturated carbocycles. The minimum atomic E-state index is -3.81. The lowest BCUT2D eigenvalue weighted by molar-refractivity contribution is -0.119. The molecule has 4 aromatic carbocycles. The minimum Gasteiger partial charge on any atom is -0.489 e. The summed E-state index contributed by atoms with van der Waals surface area (Å²) in [7, 11) is -3.81. The largest absolute Gasteiger partial charge is 0.489 e. The number of ether oxygens (including phenoxy) is 1. The summed E-state index contributed by atoms with van der Waals surface area (Å²) in [6.45, 7) is -0.00290. The van der Waals surface area contributed by atoms with Gasteiger partial charge in [0.25, 0.3) is 5.91 Å². The molecule has 1 amide bonds. The van der Waals surface area contributed by atoms with Crippen molar-refractivity contribution in [3.8, 4) is 22.7 Å². The Balaban J connectivity index is 1.29. The van der Waals surface area contributed by atoms with Crippen molar-refractivity contribution in [1.82, 2.24) is 19.9 Å². The second kappa shape index (κ2) is 12.9. The number of benzene rings is 4. The van der Waals surface area contributed by atoms with Crippen LogP contribution in [0.5, 0.6) is 5.75 Å². The van der Waals surface area contributed by atoms with E-state index in [2.05, 4.69) is 15.2 Å². The maximum atomic E-state index is 12.4. The van der Waals surface area contributed by atoms with E-state index in [1.54, 1.807) is 29.1 Å². The Hall–Kier alpha value is -5.06. The van der Waals surface area contributed by atoms with Gasteiger partial charge < -0.3 is 4.74 Å². The van der Waals surface area contributed by atoms with E-state index < -0.39 is 22.5 Å².